The average Bonchev–Trinajstić information content (AvgIpc) is 2.75. The zero-order chi connectivity index (χ0) is 12.1. The van der Waals surface area contributed by atoms with Gasteiger partial charge in [0.25, 0.3) is 0 Å². The van der Waals surface area contributed by atoms with E-state index < -0.39 is 12.1 Å². The zero-order valence-corrected chi connectivity index (χ0v) is 9.69. The van der Waals surface area contributed by atoms with Gasteiger partial charge in [0.05, 0.1) is 12.6 Å². The Kier molecular flexibility index (Phi) is 4.70. The lowest BCUT2D eigenvalue weighted by Crippen LogP contribution is -2.51. The topological polar surface area (TPSA) is 81.7 Å². The Morgan fingerprint density at radius 2 is 2.25 bits per heavy atom. The van der Waals surface area contributed by atoms with E-state index in [-0.39, 0.29) is 18.6 Å². The van der Waals surface area contributed by atoms with E-state index in [0.717, 1.165) is 19.4 Å². The van der Waals surface area contributed by atoms with Crippen LogP contribution < -0.4 is 10.6 Å². The minimum atomic E-state index is -0.503. The van der Waals surface area contributed by atoms with E-state index in [9.17, 15) is 9.59 Å². The molecule has 0 saturated carbocycles. The molecule has 1 saturated heterocycles. The van der Waals surface area contributed by atoms with E-state index in [4.69, 9.17) is 5.11 Å². The van der Waals surface area contributed by atoms with Gasteiger partial charge in [-0.3, -0.25) is 15.0 Å². The maximum Gasteiger partial charge on any atom is 0.321 e. The number of aliphatic hydroxyl groups is 1. The first-order valence-electron chi connectivity index (χ1n) is 5.49. The Morgan fingerprint density at radius 3 is 2.81 bits per heavy atom. The number of imide groups is 1. The number of carbonyl (C=O) groups is 2. The van der Waals surface area contributed by atoms with Crippen molar-refractivity contribution in [2.24, 2.45) is 0 Å². The molecule has 3 N–H and O–H groups in total. The minimum Gasteiger partial charge on any atom is -0.395 e. The van der Waals surface area contributed by atoms with Crippen LogP contribution in [0.25, 0.3) is 0 Å². The number of nitrogens with one attached hydrogen (secondary N) is 2. The highest BCUT2D eigenvalue weighted by Gasteiger charge is 2.31. The first kappa shape index (κ1) is 12.9. The van der Waals surface area contributed by atoms with E-state index in [0.29, 0.717) is 0 Å². The summed E-state index contributed by atoms with van der Waals surface area (Å²) >= 11 is 0. The third-order valence-electron chi connectivity index (χ3n) is 2.97. The summed E-state index contributed by atoms with van der Waals surface area (Å²) in [7, 11) is 1.46. The lowest BCUT2D eigenvalue weighted by Gasteiger charge is -2.28. The summed E-state index contributed by atoms with van der Waals surface area (Å²) in [5.74, 6) is -0.334. The number of urea groups is 1. The van der Waals surface area contributed by atoms with Crippen molar-refractivity contribution in [3.63, 3.8) is 0 Å². The van der Waals surface area contributed by atoms with Crippen molar-refractivity contribution < 1.29 is 14.7 Å². The smallest absolute Gasteiger partial charge is 0.321 e. The van der Waals surface area contributed by atoms with Gasteiger partial charge in [0, 0.05) is 13.1 Å². The number of aliphatic hydroxyl groups excluding tert-OH is 1. The second-order valence-corrected chi connectivity index (χ2v) is 3.96. The number of carbonyl (C=O) groups excluding carboxylic acids is 2. The van der Waals surface area contributed by atoms with Crippen molar-refractivity contribution in [3.05, 3.63) is 0 Å². The Morgan fingerprint density at radius 1 is 1.56 bits per heavy atom. The molecule has 6 heteroatoms. The van der Waals surface area contributed by atoms with Gasteiger partial charge in [-0.2, -0.15) is 0 Å². The molecule has 0 radical (unpaired) electrons. The highest BCUT2D eigenvalue weighted by molar-refractivity contribution is 5.96. The van der Waals surface area contributed by atoms with Crippen molar-refractivity contribution in [2.75, 3.05) is 20.2 Å². The van der Waals surface area contributed by atoms with Crippen molar-refractivity contribution in [2.45, 2.75) is 31.8 Å². The van der Waals surface area contributed by atoms with Gasteiger partial charge in [-0.05, 0) is 26.3 Å². The second kappa shape index (κ2) is 5.81. The van der Waals surface area contributed by atoms with E-state index >= 15 is 0 Å². The van der Waals surface area contributed by atoms with Crippen LogP contribution in [0.2, 0.25) is 0 Å². The van der Waals surface area contributed by atoms with Crippen LogP contribution in [0.4, 0.5) is 4.79 Å². The van der Waals surface area contributed by atoms with Crippen molar-refractivity contribution in [1.29, 1.82) is 0 Å². The standard InChI is InChI=1S/C10H19N3O3/c1-7(9(15)12-10(16)11-2)13-5-3-4-8(13)6-14/h7-8,14H,3-6H2,1-2H3,(H2,11,12,15,16)/t7?,8-/m1/s1. The lowest BCUT2D eigenvalue weighted by atomic mass is 10.2. The van der Waals surface area contributed by atoms with Crippen LogP contribution in [0, 0.1) is 0 Å². The van der Waals surface area contributed by atoms with Gasteiger partial charge in [-0.15, -0.1) is 0 Å². The molecule has 1 aliphatic rings. The number of amides is 3. The SMILES string of the molecule is CNC(=O)NC(=O)C(C)N1CCC[C@@H]1CO. The number of hydrogen-bond donors (Lipinski definition) is 3. The number of rotatable bonds is 3. The lowest BCUT2D eigenvalue weighted by molar-refractivity contribution is -0.125. The Hall–Kier alpha value is -1.14. The van der Waals surface area contributed by atoms with Crippen LogP contribution in [-0.2, 0) is 4.79 Å². The molecule has 1 unspecified atom stereocenters. The average molecular weight is 229 g/mol. The molecule has 2 atom stereocenters. The van der Waals surface area contributed by atoms with Gasteiger partial charge in [0.2, 0.25) is 5.91 Å². The molecule has 1 fully saturated rings. The minimum absolute atomic E-state index is 0.0328. The van der Waals surface area contributed by atoms with Crippen molar-refractivity contribution >= 4 is 11.9 Å². The summed E-state index contributed by atoms with van der Waals surface area (Å²) in [6.07, 6.45) is 1.87. The van der Waals surface area contributed by atoms with Crippen LogP contribution >= 0.6 is 0 Å². The maximum absolute atomic E-state index is 11.7. The molecule has 0 aromatic carbocycles. The molecule has 0 spiro atoms. The van der Waals surface area contributed by atoms with Gasteiger partial charge in [0.15, 0.2) is 0 Å². The van der Waals surface area contributed by atoms with Gasteiger partial charge < -0.3 is 10.4 Å². The first-order chi connectivity index (χ1) is 7.60. The molecule has 92 valence electrons. The molecule has 16 heavy (non-hydrogen) atoms. The number of nitrogens with zero attached hydrogens (tertiary/aromatic N) is 1. The van der Waals surface area contributed by atoms with Crippen molar-refractivity contribution in [1.82, 2.24) is 15.5 Å². The third kappa shape index (κ3) is 2.93. The van der Waals surface area contributed by atoms with Gasteiger partial charge in [0.1, 0.15) is 0 Å². The van der Waals surface area contributed by atoms with Gasteiger partial charge >= 0.3 is 6.03 Å². The molecule has 6 nitrogen and oxygen atoms in total. The Balaban J connectivity index is 2.52. The summed E-state index contributed by atoms with van der Waals surface area (Å²) < 4.78 is 0. The largest absolute Gasteiger partial charge is 0.395 e. The second-order valence-electron chi connectivity index (χ2n) is 3.96. The normalized spacial score (nSPS) is 22.8. The number of likely N-dealkylation sites (tertiary alicyclic amines) is 1. The Labute approximate surface area is 95.0 Å². The van der Waals surface area contributed by atoms with Crippen LogP contribution in [0.5, 0.6) is 0 Å². The van der Waals surface area contributed by atoms with Crippen molar-refractivity contribution in [3.8, 4) is 0 Å². The molecular formula is C10H19N3O3. The molecular weight excluding hydrogens is 210 g/mol. The summed E-state index contributed by atoms with van der Waals surface area (Å²) in [4.78, 5) is 24.6. The molecule has 0 aromatic rings. The van der Waals surface area contributed by atoms with Crippen LogP contribution in [-0.4, -0.2) is 54.2 Å². The molecule has 1 aliphatic heterocycles. The summed E-state index contributed by atoms with van der Waals surface area (Å²) in [5.41, 5.74) is 0. The van der Waals surface area contributed by atoms with Crippen LogP contribution in [0.1, 0.15) is 19.8 Å². The maximum atomic E-state index is 11.7. The fraction of sp³-hybridized carbons (Fsp3) is 0.800. The van der Waals surface area contributed by atoms with E-state index in [1.807, 2.05) is 4.90 Å². The highest BCUT2D eigenvalue weighted by atomic mass is 16.3. The predicted molar refractivity (Wildman–Crippen MR) is 58.9 cm³/mol. The molecule has 3 amide bonds. The summed E-state index contributed by atoms with van der Waals surface area (Å²) in [6.45, 7) is 2.58. The monoisotopic (exact) mass is 229 g/mol. The quantitative estimate of drug-likeness (QED) is 0.597. The predicted octanol–water partition coefficient (Wildman–Crippen LogP) is -0.713. The van der Waals surface area contributed by atoms with Crippen LogP contribution in [0.3, 0.4) is 0 Å². The zero-order valence-electron chi connectivity index (χ0n) is 9.69. The van der Waals surface area contributed by atoms with Gasteiger partial charge in [-0.1, -0.05) is 0 Å². The summed E-state index contributed by atoms with van der Waals surface area (Å²) in [6, 6.07) is -0.862. The van der Waals surface area contributed by atoms with E-state index in [1.165, 1.54) is 7.05 Å². The van der Waals surface area contributed by atoms with Crippen LogP contribution in [0.15, 0.2) is 0 Å². The van der Waals surface area contributed by atoms with Gasteiger partial charge in [-0.25, -0.2) is 4.79 Å². The Bertz CT molecular complexity index is 270. The van der Waals surface area contributed by atoms with E-state index in [1.54, 1.807) is 6.92 Å². The fourth-order valence-corrected chi connectivity index (χ4v) is 1.99. The summed E-state index contributed by atoms with van der Waals surface area (Å²) in [5, 5.41) is 13.7. The molecule has 0 aliphatic carbocycles. The molecule has 0 bridgehead atoms. The fourth-order valence-electron chi connectivity index (χ4n) is 1.99. The third-order valence-corrected chi connectivity index (χ3v) is 2.97. The molecule has 1 heterocycles. The highest BCUT2D eigenvalue weighted by Crippen LogP contribution is 2.19. The first-order valence-corrected chi connectivity index (χ1v) is 5.49. The molecule has 1 rings (SSSR count). The van der Waals surface area contributed by atoms with E-state index in [2.05, 4.69) is 10.6 Å². The molecule has 0 aromatic heterocycles. The number of hydrogen-bond acceptors (Lipinski definition) is 4.